The summed E-state index contributed by atoms with van der Waals surface area (Å²) in [6.45, 7) is 0. The van der Waals surface area contributed by atoms with Gasteiger partial charge in [-0.25, -0.2) is 5.43 Å². The van der Waals surface area contributed by atoms with Gasteiger partial charge >= 0.3 is 0 Å². The standard InChI is InChI=1S/C20H17ClN2O4/c1-25-18-9-7-13(11-19(18)26-2)20(24)23-22-12-14-8-10-17(27-14)15-5-3-4-6-16(15)21/h3-12H,1-2H3,(H,23,24)/b22-12-. The summed E-state index contributed by atoms with van der Waals surface area (Å²) in [5.41, 5.74) is 3.62. The Hall–Kier alpha value is -3.25. The van der Waals surface area contributed by atoms with E-state index in [4.69, 9.17) is 25.5 Å². The van der Waals surface area contributed by atoms with Crippen molar-refractivity contribution in [2.24, 2.45) is 5.10 Å². The first-order chi connectivity index (χ1) is 13.1. The number of hydrogen-bond donors (Lipinski definition) is 1. The minimum absolute atomic E-state index is 0.384. The molecule has 0 spiro atoms. The highest BCUT2D eigenvalue weighted by Gasteiger charge is 2.10. The average molecular weight is 385 g/mol. The number of nitrogens with one attached hydrogen (secondary N) is 1. The molecule has 7 heteroatoms. The monoisotopic (exact) mass is 384 g/mol. The summed E-state index contributed by atoms with van der Waals surface area (Å²) in [5, 5.41) is 4.52. The van der Waals surface area contributed by atoms with E-state index in [1.165, 1.54) is 20.4 Å². The Bertz CT molecular complexity index is 982. The maximum atomic E-state index is 12.2. The Morgan fingerprint density at radius 3 is 2.59 bits per heavy atom. The van der Waals surface area contributed by atoms with Gasteiger partial charge in [-0.3, -0.25) is 4.79 Å². The summed E-state index contributed by atoms with van der Waals surface area (Å²) in [7, 11) is 3.04. The van der Waals surface area contributed by atoms with Gasteiger partial charge in [-0.15, -0.1) is 0 Å². The van der Waals surface area contributed by atoms with E-state index >= 15 is 0 Å². The molecule has 138 valence electrons. The third kappa shape index (κ3) is 4.30. The van der Waals surface area contributed by atoms with Gasteiger partial charge in [0, 0.05) is 11.1 Å². The number of nitrogens with zero attached hydrogens (tertiary/aromatic N) is 1. The molecule has 1 aromatic heterocycles. The third-order valence-corrected chi connectivity index (χ3v) is 4.10. The Morgan fingerprint density at radius 1 is 1.07 bits per heavy atom. The van der Waals surface area contributed by atoms with E-state index in [1.54, 1.807) is 36.4 Å². The van der Waals surface area contributed by atoms with Crippen LogP contribution in [0.2, 0.25) is 5.02 Å². The Morgan fingerprint density at radius 2 is 1.85 bits per heavy atom. The molecule has 0 bridgehead atoms. The quantitative estimate of drug-likeness (QED) is 0.505. The maximum absolute atomic E-state index is 12.2. The molecule has 0 aliphatic rings. The minimum Gasteiger partial charge on any atom is -0.493 e. The molecule has 0 saturated carbocycles. The summed E-state index contributed by atoms with van der Waals surface area (Å²) in [6.07, 6.45) is 1.42. The van der Waals surface area contributed by atoms with Gasteiger partial charge in [0.1, 0.15) is 11.5 Å². The molecule has 1 amide bonds. The first-order valence-corrected chi connectivity index (χ1v) is 8.40. The van der Waals surface area contributed by atoms with Crippen LogP contribution in [0.15, 0.2) is 64.1 Å². The second kappa shape index (κ2) is 8.42. The highest BCUT2D eigenvalue weighted by molar-refractivity contribution is 6.33. The molecule has 3 rings (SSSR count). The zero-order valence-corrected chi connectivity index (χ0v) is 15.5. The number of hydrogen-bond acceptors (Lipinski definition) is 5. The van der Waals surface area contributed by atoms with Crippen LogP contribution in [0.5, 0.6) is 11.5 Å². The lowest BCUT2D eigenvalue weighted by Gasteiger charge is -2.08. The van der Waals surface area contributed by atoms with Gasteiger partial charge in [0.25, 0.3) is 5.91 Å². The molecule has 27 heavy (non-hydrogen) atoms. The van der Waals surface area contributed by atoms with Crippen molar-refractivity contribution < 1.29 is 18.7 Å². The topological polar surface area (TPSA) is 73.1 Å². The second-order valence-corrected chi connectivity index (χ2v) is 5.86. The lowest BCUT2D eigenvalue weighted by Crippen LogP contribution is -2.17. The summed E-state index contributed by atoms with van der Waals surface area (Å²) in [4.78, 5) is 12.2. The molecule has 2 aromatic carbocycles. The molecule has 0 aliphatic heterocycles. The SMILES string of the molecule is COc1ccc(C(=O)N/N=C\c2ccc(-c3ccccc3Cl)o2)cc1OC. The van der Waals surface area contributed by atoms with E-state index in [0.717, 1.165) is 5.56 Å². The van der Waals surface area contributed by atoms with Crippen LogP contribution >= 0.6 is 11.6 Å². The summed E-state index contributed by atoms with van der Waals surface area (Å²) in [6, 6.07) is 15.8. The second-order valence-electron chi connectivity index (χ2n) is 5.45. The summed E-state index contributed by atoms with van der Waals surface area (Å²) < 4.78 is 16.0. The number of hydrazone groups is 1. The molecule has 0 radical (unpaired) electrons. The van der Waals surface area contributed by atoms with Crippen molar-refractivity contribution in [1.29, 1.82) is 0 Å². The number of rotatable bonds is 6. The van der Waals surface area contributed by atoms with E-state index in [-0.39, 0.29) is 5.91 Å². The van der Waals surface area contributed by atoms with Crippen LogP contribution < -0.4 is 14.9 Å². The van der Waals surface area contributed by atoms with Gasteiger partial charge in [-0.05, 0) is 42.5 Å². The first-order valence-electron chi connectivity index (χ1n) is 8.02. The van der Waals surface area contributed by atoms with Crippen molar-refractivity contribution in [3.63, 3.8) is 0 Å². The predicted octanol–water partition coefficient (Wildman–Crippen LogP) is 4.38. The van der Waals surface area contributed by atoms with E-state index in [1.807, 2.05) is 18.2 Å². The van der Waals surface area contributed by atoms with Crippen LogP contribution in [0, 0.1) is 0 Å². The Labute approximate surface area is 161 Å². The fourth-order valence-corrected chi connectivity index (χ4v) is 2.65. The Kier molecular flexibility index (Phi) is 5.78. The van der Waals surface area contributed by atoms with Crippen molar-refractivity contribution in [3.05, 3.63) is 70.9 Å². The lowest BCUT2D eigenvalue weighted by molar-refractivity contribution is 0.0954. The molecule has 3 aromatic rings. The van der Waals surface area contributed by atoms with Gasteiger partial charge in [-0.2, -0.15) is 5.10 Å². The number of carbonyl (C=O) groups excluding carboxylic acids is 1. The zero-order valence-electron chi connectivity index (χ0n) is 14.7. The molecular formula is C20H17ClN2O4. The van der Waals surface area contributed by atoms with E-state index in [0.29, 0.717) is 33.6 Å². The van der Waals surface area contributed by atoms with Crippen LogP contribution in [0.4, 0.5) is 0 Å². The van der Waals surface area contributed by atoms with Crippen molar-refractivity contribution in [2.75, 3.05) is 14.2 Å². The van der Waals surface area contributed by atoms with E-state index < -0.39 is 0 Å². The third-order valence-electron chi connectivity index (χ3n) is 3.77. The van der Waals surface area contributed by atoms with Crippen LogP contribution in [-0.4, -0.2) is 26.3 Å². The van der Waals surface area contributed by atoms with Crippen LogP contribution in [-0.2, 0) is 0 Å². The maximum Gasteiger partial charge on any atom is 0.271 e. The summed E-state index contributed by atoms with van der Waals surface area (Å²) in [5.74, 6) is 1.72. The number of halogens is 1. The van der Waals surface area contributed by atoms with Crippen molar-refractivity contribution in [3.8, 4) is 22.8 Å². The smallest absolute Gasteiger partial charge is 0.271 e. The van der Waals surface area contributed by atoms with Gasteiger partial charge in [-0.1, -0.05) is 23.7 Å². The minimum atomic E-state index is -0.384. The fourth-order valence-electron chi connectivity index (χ4n) is 2.42. The van der Waals surface area contributed by atoms with Crippen molar-refractivity contribution in [1.82, 2.24) is 5.43 Å². The van der Waals surface area contributed by atoms with E-state index in [9.17, 15) is 4.79 Å². The highest BCUT2D eigenvalue weighted by atomic mass is 35.5. The normalized spacial score (nSPS) is 10.8. The lowest BCUT2D eigenvalue weighted by atomic mass is 10.2. The Balaban J connectivity index is 1.67. The zero-order chi connectivity index (χ0) is 19.2. The molecule has 0 unspecified atom stereocenters. The predicted molar refractivity (Wildman–Crippen MR) is 104 cm³/mol. The highest BCUT2D eigenvalue weighted by Crippen LogP contribution is 2.29. The van der Waals surface area contributed by atoms with Gasteiger partial charge in [0.05, 0.1) is 25.5 Å². The molecule has 1 N–H and O–H groups in total. The number of ether oxygens (including phenoxy) is 2. The average Bonchev–Trinajstić information content (AvgIpc) is 3.16. The number of amides is 1. The molecular weight excluding hydrogens is 368 g/mol. The van der Waals surface area contributed by atoms with Crippen molar-refractivity contribution in [2.45, 2.75) is 0 Å². The molecule has 0 aliphatic carbocycles. The summed E-state index contributed by atoms with van der Waals surface area (Å²) >= 11 is 6.16. The van der Waals surface area contributed by atoms with Crippen LogP contribution in [0.25, 0.3) is 11.3 Å². The molecule has 0 atom stereocenters. The molecule has 0 fully saturated rings. The number of carbonyl (C=O) groups is 1. The molecule has 6 nitrogen and oxygen atoms in total. The van der Waals surface area contributed by atoms with Gasteiger partial charge in [0.2, 0.25) is 0 Å². The number of furan rings is 1. The van der Waals surface area contributed by atoms with Gasteiger partial charge in [0.15, 0.2) is 11.5 Å². The number of benzene rings is 2. The largest absolute Gasteiger partial charge is 0.493 e. The number of methoxy groups -OCH3 is 2. The fraction of sp³-hybridized carbons (Fsp3) is 0.100. The first kappa shape index (κ1) is 18.5. The molecule has 1 heterocycles. The van der Waals surface area contributed by atoms with E-state index in [2.05, 4.69) is 10.5 Å². The van der Waals surface area contributed by atoms with Crippen LogP contribution in [0.3, 0.4) is 0 Å². The molecule has 0 saturated heterocycles. The van der Waals surface area contributed by atoms with Gasteiger partial charge < -0.3 is 13.9 Å². The van der Waals surface area contributed by atoms with Crippen LogP contribution in [0.1, 0.15) is 16.1 Å². The van der Waals surface area contributed by atoms with Crippen molar-refractivity contribution >= 4 is 23.7 Å².